The van der Waals surface area contributed by atoms with Crippen LogP contribution in [0.25, 0.3) is 0 Å². The van der Waals surface area contributed by atoms with Gasteiger partial charge in [-0.2, -0.15) is 13.2 Å². The molecule has 0 aliphatic rings. The molecule has 0 aromatic heterocycles. The van der Waals surface area contributed by atoms with E-state index >= 15 is 0 Å². The van der Waals surface area contributed by atoms with Gasteiger partial charge in [-0.3, -0.25) is 9.59 Å². The Balaban J connectivity index is 4.29. The number of ketones is 2. The molecule has 0 bridgehead atoms. The predicted molar refractivity (Wildman–Crippen MR) is 49.4 cm³/mol. The smallest absolute Gasteiger partial charge is 0.299 e. The Morgan fingerprint density at radius 2 is 1.73 bits per heavy atom. The number of alkyl halides is 3. The average molecular weight is 224 g/mol. The second-order valence-corrected chi connectivity index (χ2v) is 3.46. The van der Waals surface area contributed by atoms with Crippen LogP contribution in [-0.2, 0) is 9.59 Å². The summed E-state index contributed by atoms with van der Waals surface area (Å²) in [4.78, 5) is 21.9. The zero-order valence-corrected chi connectivity index (χ0v) is 8.86. The summed E-state index contributed by atoms with van der Waals surface area (Å²) in [7, 11) is 0. The molecule has 0 amide bonds. The van der Waals surface area contributed by atoms with Gasteiger partial charge in [-0.05, 0) is 12.8 Å². The van der Waals surface area contributed by atoms with E-state index in [1.165, 1.54) is 0 Å². The van der Waals surface area contributed by atoms with Gasteiger partial charge in [-0.15, -0.1) is 0 Å². The minimum Gasteiger partial charge on any atom is -0.299 e. The second kappa shape index (κ2) is 5.88. The molecule has 0 aromatic carbocycles. The van der Waals surface area contributed by atoms with Crippen LogP contribution in [0, 0.1) is 5.92 Å². The first kappa shape index (κ1) is 14.1. The van der Waals surface area contributed by atoms with E-state index in [1.54, 1.807) is 6.92 Å². The quantitative estimate of drug-likeness (QED) is 0.650. The number of hydrogen-bond donors (Lipinski definition) is 0. The van der Waals surface area contributed by atoms with Crippen LogP contribution in [-0.4, -0.2) is 17.7 Å². The first-order valence-electron chi connectivity index (χ1n) is 4.95. The van der Waals surface area contributed by atoms with E-state index in [4.69, 9.17) is 0 Å². The molecule has 0 aliphatic heterocycles. The molecule has 0 rings (SSSR count). The lowest BCUT2D eigenvalue weighted by Crippen LogP contribution is -2.28. The first-order chi connectivity index (χ1) is 6.82. The fourth-order valence-electron chi connectivity index (χ4n) is 1.34. The van der Waals surface area contributed by atoms with Crippen LogP contribution >= 0.6 is 0 Å². The second-order valence-electron chi connectivity index (χ2n) is 3.46. The van der Waals surface area contributed by atoms with E-state index in [0.29, 0.717) is 12.8 Å². The number of Topliss-reactive ketones (excluding diaryl/α,β-unsaturated/α-hetero) is 2. The zero-order chi connectivity index (χ0) is 12.1. The van der Waals surface area contributed by atoms with E-state index in [2.05, 4.69) is 0 Å². The fourth-order valence-corrected chi connectivity index (χ4v) is 1.34. The summed E-state index contributed by atoms with van der Waals surface area (Å²) in [5, 5.41) is 0. The Kier molecular flexibility index (Phi) is 5.54. The third-order valence-corrected chi connectivity index (χ3v) is 2.24. The Bertz CT molecular complexity index is 233. The molecule has 0 spiro atoms. The number of carbonyl (C=O) groups is 2. The summed E-state index contributed by atoms with van der Waals surface area (Å²) in [5.41, 5.74) is 0. The molecule has 1 atom stereocenters. The highest BCUT2D eigenvalue weighted by molar-refractivity contribution is 6.02. The summed E-state index contributed by atoms with van der Waals surface area (Å²) in [5.74, 6) is -2.95. The van der Waals surface area contributed by atoms with Crippen LogP contribution < -0.4 is 0 Å². The molecule has 0 aromatic rings. The van der Waals surface area contributed by atoms with Crippen molar-refractivity contribution >= 4 is 11.6 Å². The van der Waals surface area contributed by atoms with Gasteiger partial charge < -0.3 is 0 Å². The summed E-state index contributed by atoms with van der Waals surface area (Å²) in [6, 6.07) is 0. The molecule has 88 valence electrons. The first-order valence-corrected chi connectivity index (χ1v) is 4.95. The lowest BCUT2D eigenvalue weighted by Gasteiger charge is -2.12. The maximum Gasteiger partial charge on any atom is 0.450 e. The molecular formula is C10H15F3O2. The van der Waals surface area contributed by atoms with Crippen LogP contribution in [0.3, 0.4) is 0 Å². The maximum atomic E-state index is 11.9. The molecule has 15 heavy (non-hydrogen) atoms. The monoisotopic (exact) mass is 224 g/mol. The maximum absolute atomic E-state index is 11.9. The van der Waals surface area contributed by atoms with E-state index in [1.807, 2.05) is 6.92 Å². The van der Waals surface area contributed by atoms with Crippen LogP contribution in [0.2, 0.25) is 0 Å². The van der Waals surface area contributed by atoms with Crippen molar-refractivity contribution in [2.75, 3.05) is 0 Å². The lowest BCUT2D eigenvalue weighted by atomic mass is 9.93. The third-order valence-electron chi connectivity index (χ3n) is 2.24. The number of hydrogen-bond acceptors (Lipinski definition) is 2. The molecule has 0 heterocycles. The number of rotatable bonds is 6. The van der Waals surface area contributed by atoms with E-state index in [-0.39, 0.29) is 0 Å². The van der Waals surface area contributed by atoms with E-state index in [9.17, 15) is 22.8 Å². The Morgan fingerprint density at radius 1 is 1.20 bits per heavy atom. The molecule has 0 saturated heterocycles. The van der Waals surface area contributed by atoms with Crippen molar-refractivity contribution < 1.29 is 22.8 Å². The largest absolute Gasteiger partial charge is 0.450 e. The van der Waals surface area contributed by atoms with Gasteiger partial charge in [0.05, 0.1) is 6.42 Å². The predicted octanol–water partition coefficient (Wildman–Crippen LogP) is 2.90. The Morgan fingerprint density at radius 3 is 2.07 bits per heavy atom. The molecule has 0 fully saturated rings. The van der Waals surface area contributed by atoms with Crippen LogP contribution in [0.15, 0.2) is 0 Å². The summed E-state index contributed by atoms with van der Waals surface area (Å²) in [6.07, 6.45) is -4.15. The van der Waals surface area contributed by atoms with Crippen molar-refractivity contribution in [3.63, 3.8) is 0 Å². The van der Waals surface area contributed by atoms with Crippen LogP contribution in [0.5, 0.6) is 0 Å². The summed E-state index contributed by atoms with van der Waals surface area (Å²) in [6.45, 7) is 3.58. The molecule has 0 aliphatic carbocycles. The summed E-state index contributed by atoms with van der Waals surface area (Å²) < 4.78 is 35.6. The lowest BCUT2D eigenvalue weighted by molar-refractivity contribution is -0.172. The van der Waals surface area contributed by atoms with Crippen LogP contribution in [0.4, 0.5) is 13.2 Å². The average Bonchev–Trinajstić information content (AvgIpc) is 2.12. The van der Waals surface area contributed by atoms with Gasteiger partial charge in [0.2, 0.25) is 5.78 Å². The fraction of sp³-hybridized carbons (Fsp3) is 0.800. The summed E-state index contributed by atoms with van der Waals surface area (Å²) >= 11 is 0. The number of carbonyl (C=O) groups excluding carboxylic acids is 2. The van der Waals surface area contributed by atoms with Gasteiger partial charge in [0.1, 0.15) is 5.78 Å². The topological polar surface area (TPSA) is 34.1 Å². The molecular weight excluding hydrogens is 209 g/mol. The van der Waals surface area contributed by atoms with E-state index < -0.39 is 30.1 Å². The van der Waals surface area contributed by atoms with Gasteiger partial charge in [0, 0.05) is 5.92 Å². The molecule has 5 heteroatoms. The van der Waals surface area contributed by atoms with Crippen molar-refractivity contribution in [1.29, 1.82) is 0 Å². The Hall–Kier alpha value is -0.870. The standard InChI is InChI=1S/C10H15F3O2/c1-3-5-7(4-2)8(14)6-9(15)10(11,12)13/h7H,3-6H2,1-2H3. The molecule has 2 nitrogen and oxygen atoms in total. The van der Waals surface area contributed by atoms with Crippen LogP contribution in [0.1, 0.15) is 39.5 Å². The van der Waals surface area contributed by atoms with E-state index in [0.717, 1.165) is 6.42 Å². The van der Waals surface area contributed by atoms with Crippen molar-refractivity contribution in [3.8, 4) is 0 Å². The Labute approximate surface area is 86.8 Å². The van der Waals surface area contributed by atoms with Gasteiger partial charge in [-0.25, -0.2) is 0 Å². The SMILES string of the molecule is CCCC(CC)C(=O)CC(=O)C(F)(F)F. The minimum absolute atomic E-state index is 0.415. The molecule has 0 N–H and O–H groups in total. The molecule has 1 unspecified atom stereocenters. The van der Waals surface area contributed by atoms with Crippen molar-refractivity contribution in [1.82, 2.24) is 0 Å². The zero-order valence-electron chi connectivity index (χ0n) is 8.86. The highest BCUT2D eigenvalue weighted by Gasteiger charge is 2.39. The van der Waals surface area contributed by atoms with Crippen molar-refractivity contribution in [2.45, 2.75) is 45.7 Å². The third kappa shape index (κ3) is 4.95. The van der Waals surface area contributed by atoms with Gasteiger partial charge in [0.15, 0.2) is 0 Å². The van der Waals surface area contributed by atoms with Crippen molar-refractivity contribution in [2.24, 2.45) is 5.92 Å². The van der Waals surface area contributed by atoms with Gasteiger partial charge >= 0.3 is 6.18 Å². The number of halogens is 3. The normalized spacial score (nSPS) is 13.7. The van der Waals surface area contributed by atoms with Gasteiger partial charge in [0.25, 0.3) is 0 Å². The highest BCUT2D eigenvalue weighted by atomic mass is 19.4. The molecule has 0 saturated carbocycles. The minimum atomic E-state index is -4.89. The van der Waals surface area contributed by atoms with Gasteiger partial charge in [-0.1, -0.05) is 20.3 Å². The molecule has 0 radical (unpaired) electrons. The van der Waals surface area contributed by atoms with Crippen molar-refractivity contribution in [3.05, 3.63) is 0 Å². The highest BCUT2D eigenvalue weighted by Crippen LogP contribution is 2.21.